The van der Waals surface area contributed by atoms with E-state index >= 15 is 0 Å². The van der Waals surface area contributed by atoms with Gasteiger partial charge >= 0.3 is 0 Å². The third-order valence-electron chi connectivity index (χ3n) is 5.64. The summed E-state index contributed by atoms with van der Waals surface area (Å²) in [5, 5.41) is 9.02. The van der Waals surface area contributed by atoms with Crippen LogP contribution in [0.4, 0.5) is 5.69 Å². The molecule has 8 heteroatoms. The van der Waals surface area contributed by atoms with Crippen molar-refractivity contribution in [3.63, 3.8) is 0 Å². The number of hydrazone groups is 1. The van der Waals surface area contributed by atoms with Crippen molar-refractivity contribution < 1.29 is 14.2 Å². The summed E-state index contributed by atoms with van der Waals surface area (Å²) in [7, 11) is 0. The highest BCUT2D eigenvalue weighted by molar-refractivity contribution is 6.09. The molecule has 0 bridgehead atoms. The molecule has 0 radical (unpaired) electrons. The molecule has 1 heterocycles. The zero-order valence-corrected chi connectivity index (χ0v) is 23.6. The third-order valence-corrected chi connectivity index (χ3v) is 5.64. The van der Waals surface area contributed by atoms with Gasteiger partial charge in [-0.25, -0.2) is 0 Å². The number of rotatable bonds is 13. The Morgan fingerprint density at radius 1 is 1.03 bits per heavy atom. The molecular formula is C28H43ClN5O2+. The first kappa shape index (κ1) is 31.3. The smallest absolute Gasteiger partial charge is 0.245 e. The Balaban J connectivity index is 0.00000648. The quantitative estimate of drug-likeness (QED) is 0.182. The Labute approximate surface area is 223 Å². The largest absolute Gasteiger partial charge is 0.325 e. The normalized spacial score (nSPS) is 12.4. The van der Waals surface area contributed by atoms with E-state index in [-0.39, 0.29) is 25.0 Å². The maximum atomic E-state index is 13.6. The summed E-state index contributed by atoms with van der Waals surface area (Å²) < 4.78 is 1.86. The van der Waals surface area contributed by atoms with E-state index in [0.717, 1.165) is 29.9 Å². The summed E-state index contributed by atoms with van der Waals surface area (Å²) in [6, 6.07) is 11.7. The van der Waals surface area contributed by atoms with Crippen LogP contribution in [-0.2, 0) is 16.3 Å². The number of nitrogens with zero attached hydrogens (tertiary/aromatic N) is 4. The minimum absolute atomic E-state index is 0. The minimum Gasteiger partial charge on any atom is -0.325 e. The average Bonchev–Trinajstić information content (AvgIpc) is 2.78. The zero-order chi connectivity index (χ0) is 26.0. The van der Waals surface area contributed by atoms with Crippen LogP contribution in [0.3, 0.4) is 0 Å². The van der Waals surface area contributed by atoms with E-state index in [1.807, 2.05) is 68.1 Å². The first-order valence-electron chi connectivity index (χ1n) is 12.4. The predicted molar refractivity (Wildman–Crippen MR) is 149 cm³/mol. The highest BCUT2D eigenvalue weighted by Crippen LogP contribution is 2.19. The molecule has 36 heavy (non-hydrogen) atoms. The van der Waals surface area contributed by atoms with Gasteiger partial charge in [0, 0.05) is 43.2 Å². The van der Waals surface area contributed by atoms with Gasteiger partial charge in [0.15, 0.2) is 12.4 Å². The summed E-state index contributed by atoms with van der Waals surface area (Å²) in [5.74, 6) is 0.315. The lowest BCUT2D eigenvalue weighted by molar-refractivity contribution is -0.712. The Morgan fingerprint density at radius 3 is 2.17 bits per heavy atom. The van der Waals surface area contributed by atoms with Crippen molar-refractivity contribution in [1.29, 1.82) is 0 Å². The second kappa shape index (κ2) is 15.4. The van der Waals surface area contributed by atoms with Gasteiger partial charge in [0.05, 0.1) is 5.92 Å². The molecule has 1 N–H and O–H groups in total. The molecule has 1 unspecified atom stereocenters. The number of carbonyl (C=O) groups excluding carboxylic acids is 2. The molecule has 2 rings (SSSR count). The number of hydrogen-bond donors (Lipinski definition) is 1. The number of carbonyl (C=O) groups is 2. The van der Waals surface area contributed by atoms with Crippen LogP contribution in [0, 0.1) is 31.6 Å². The Bertz CT molecular complexity index is 985. The molecule has 1 aromatic carbocycles. The van der Waals surface area contributed by atoms with E-state index in [1.165, 1.54) is 5.01 Å². The van der Waals surface area contributed by atoms with Crippen molar-refractivity contribution in [3.05, 3.63) is 59.9 Å². The lowest BCUT2D eigenvalue weighted by atomic mass is 10.00. The number of aryl methyl sites for hydroxylation is 2. The van der Waals surface area contributed by atoms with E-state index in [4.69, 9.17) is 0 Å². The van der Waals surface area contributed by atoms with Crippen molar-refractivity contribution >= 4 is 36.1 Å². The van der Waals surface area contributed by atoms with Crippen molar-refractivity contribution in [2.45, 2.75) is 55.1 Å². The maximum absolute atomic E-state index is 13.6. The highest BCUT2D eigenvalue weighted by atomic mass is 35.5. The summed E-state index contributed by atoms with van der Waals surface area (Å²) >= 11 is 0. The van der Waals surface area contributed by atoms with Gasteiger partial charge in [0.1, 0.15) is 0 Å². The Hall–Kier alpha value is -2.77. The van der Waals surface area contributed by atoms with Gasteiger partial charge in [0.2, 0.25) is 19.0 Å². The van der Waals surface area contributed by atoms with E-state index in [2.05, 4.69) is 49.1 Å². The number of hydrogen-bond acceptors (Lipinski definition) is 4. The number of aromatic nitrogens is 1. The molecule has 1 atom stereocenters. The minimum atomic E-state index is -0.503. The molecule has 0 fully saturated rings. The van der Waals surface area contributed by atoms with Crippen LogP contribution in [-0.4, -0.2) is 47.6 Å². The molecule has 1 aromatic heterocycles. The monoisotopic (exact) mass is 516 g/mol. The Morgan fingerprint density at radius 2 is 1.64 bits per heavy atom. The number of pyridine rings is 1. The first-order valence-corrected chi connectivity index (χ1v) is 12.4. The Kier molecular flexibility index (Phi) is 13.3. The van der Waals surface area contributed by atoms with Crippen LogP contribution in [0.5, 0.6) is 0 Å². The second-order valence-electron chi connectivity index (χ2n) is 10.2. The number of nitrogens with one attached hydrogen (secondary N) is 1. The van der Waals surface area contributed by atoms with Crippen molar-refractivity contribution in [2.24, 2.45) is 22.9 Å². The number of halogens is 1. The van der Waals surface area contributed by atoms with Gasteiger partial charge in [-0.1, -0.05) is 51.5 Å². The third kappa shape index (κ3) is 10.5. The van der Waals surface area contributed by atoms with Crippen molar-refractivity contribution in [1.82, 2.24) is 9.91 Å². The lowest BCUT2D eigenvalue weighted by Crippen LogP contribution is -2.44. The number of amides is 2. The van der Waals surface area contributed by atoms with Gasteiger partial charge in [-0.2, -0.15) is 14.7 Å². The topological polar surface area (TPSA) is 68.9 Å². The average molecular weight is 517 g/mol. The van der Waals surface area contributed by atoms with Crippen LogP contribution in [0.1, 0.15) is 45.7 Å². The van der Waals surface area contributed by atoms with Crippen LogP contribution in [0.15, 0.2) is 53.9 Å². The van der Waals surface area contributed by atoms with E-state index < -0.39 is 5.92 Å². The standard InChI is InChI=1S/C28H41N5O2.ClH/c1-21(2)16-32(17-22(3)4)18-26(28(35)29-27-12-11-23(5)15-24(27)6)25(7)30-33(20-34)19-31-13-9-8-10-14-31;/h8-15,20-22,26H,16-19H2,1-7H3;1H/p+1/b30-25+;. The predicted octanol–water partition coefficient (Wildman–Crippen LogP) is 4.67. The summed E-state index contributed by atoms with van der Waals surface area (Å²) in [5.41, 5.74) is 3.57. The fraction of sp³-hybridized carbons (Fsp3) is 0.500. The van der Waals surface area contributed by atoms with Gasteiger partial charge in [-0.15, -0.1) is 12.4 Å². The molecule has 0 spiro atoms. The molecule has 2 amide bonds. The van der Waals surface area contributed by atoms with Gasteiger partial charge in [-0.05, 0) is 44.2 Å². The second-order valence-corrected chi connectivity index (χ2v) is 10.2. The fourth-order valence-electron chi connectivity index (χ4n) is 4.15. The zero-order valence-electron chi connectivity index (χ0n) is 22.8. The maximum Gasteiger partial charge on any atom is 0.245 e. The lowest BCUT2D eigenvalue weighted by Gasteiger charge is -2.30. The van der Waals surface area contributed by atoms with E-state index in [9.17, 15) is 9.59 Å². The van der Waals surface area contributed by atoms with Gasteiger partial charge < -0.3 is 10.2 Å². The van der Waals surface area contributed by atoms with Crippen LogP contribution in [0.2, 0.25) is 0 Å². The molecule has 2 aromatic rings. The van der Waals surface area contributed by atoms with Crippen LogP contribution >= 0.6 is 12.4 Å². The molecule has 7 nitrogen and oxygen atoms in total. The van der Waals surface area contributed by atoms with E-state index in [1.54, 1.807) is 0 Å². The molecule has 0 aliphatic rings. The summed E-state index contributed by atoms with van der Waals surface area (Å²) in [6.45, 7) is 17.2. The molecule has 0 aliphatic heterocycles. The molecule has 198 valence electrons. The van der Waals surface area contributed by atoms with Gasteiger partial charge in [0.25, 0.3) is 0 Å². The molecule has 0 saturated carbocycles. The molecular weight excluding hydrogens is 474 g/mol. The molecule has 0 aliphatic carbocycles. The summed E-state index contributed by atoms with van der Waals surface area (Å²) in [6.07, 6.45) is 4.44. The summed E-state index contributed by atoms with van der Waals surface area (Å²) in [4.78, 5) is 27.7. The molecule has 0 saturated heterocycles. The fourth-order valence-corrected chi connectivity index (χ4v) is 4.15. The van der Waals surface area contributed by atoms with Crippen molar-refractivity contribution in [3.8, 4) is 0 Å². The first-order chi connectivity index (χ1) is 16.6. The van der Waals surface area contributed by atoms with Crippen LogP contribution < -0.4 is 9.88 Å². The van der Waals surface area contributed by atoms with Gasteiger partial charge in [-0.3, -0.25) is 9.59 Å². The number of anilines is 1. The van der Waals surface area contributed by atoms with E-state index in [0.29, 0.717) is 30.5 Å². The highest BCUT2D eigenvalue weighted by Gasteiger charge is 2.27. The van der Waals surface area contributed by atoms with Crippen LogP contribution in [0.25, 0.3) is 0 Å². The number of benzene rings is 1. The van der Waals surface area contributed by atoms with Crippen molar-refractivity contribution in [2.75, 3.05) is 25.0 Å². The SMILES string of the molecule is C/C(=N\N(C=O)C[n+]1ccccc1)C(CN(CC(C)C)CC(C)C)C(=O)Nc1ccc(C)cc1C.Cl.